The van der Waals surface area contributed by atoms with Gasteiger partial charge in [0.15, 0.2) is 11.5 Å². The van der Waals surface area contributed by atoms with Crippen molar-refractivity contribution in [1.82, 2.24) is 15.5 Å². The van der Waals surface area contributed by atoms with E-state index in [1.54, 1.807) is 6.07 Å². The fraction of sp³-hybridized carbons (Fsp3) is 0.321. The van der Waals surface area contributed by atoms with Crippen molar-refractivity contribution in [2.45, 2.75) is 44.1 Å². The number of carbonyl (C=O) groups excluding carboxylic acids is 1. The van der Waals surface area contributed by atoms with Crippen molar-refractivity contribution >= 4 is 17.8 Å². The van der Waals surface area contributed by atoms with E-state index in [-0.39, 0.29) is 17.4 Å². The van der Waals surface area contributed by atoms with Gasteiger partial charge in [-0.25, -0.2) is 0 Å². The minimum Gasteiger partial charge on any atom is -0.355 e. The van der Waals surface area contributed by atoms with Crippen LogP contribution < -0.4 is 10.2 Å². The molecule has 1 unspecified atom stereocenters. The fourth-order valence-corrected chi connectivity index (χ4v) is 5.02. The number of rotatable bonds is 6. The molecule has 1 atom stereocenters. The monoisotopic (exact) mass is 438 g/mol. The third kappa shape index (κ3) is 4.54. The maximum absolute atomic E-state index is 12.6. The zero-order chi connectivity index (χ0) is 22.7. The van der Waals surface area contributed by atoms with Crippen LogP contribution in [-0.2, 0) is 11.8 Å². The molecule has 2 heterocycles. The first-order chi connectivity index (χ1) is 16.1. The molecule has 1 spiro atoms. The molecule has 1 aliphatic carbocycles. The third-order valence-corrected chi connectivity index (χ3v) is 7.03. The first-order valence-corrected chi connectivity index (χ1v) is 11.9. The summed E-state index contributed by atoms with van der Waals surface area (Å²) in [6, 6.07) is 22.8. The Morgan fingerprint density at radius 3 is 2.52 bits per heavy atom. The molecule has 5 rings (SSSR count). The number of carbonyl (C=O) groups is 1. The molecule has 1 amide bonds. The van der Waals surface area contributed by atoms with Crippen LogP contribution in [0.3, 0.4) is 0 Å². The minimum atomic E-state index is -0.167. The number of piperidine rings is 1. The van der Waals surface area contributed by atoms with Crippen LogP contribution in [0.2, 0.25) is 0 Å². The molecular formula is C28H30N4O. The molecule has 0 saturated carbocycles. The van der Waals surface area contributed by atoms with Gasteiger partial charge in [-0.3, -0.25) is 4.79 Å². The summed E-state index contributed by atoms with van der Waals surface area (Å²) in [5.41, 5.74) is 4.59. The molecule has 5 heteroatoms. The predicted octanol–water partition coefficient (Wildman–Crippen LogP) is 4.79. The van der Waals surface area contributed by atoms with E-state index in [1.807, 2.05) is 31.2 Å². The van der Waals surface area contributed by atoms with Crippen LogP contribution in [0.25, 0.3) is 6.08 Å². The topological polar surface area (TPSA) is 58.1 Å². The summed E-state index contributed by atoms with van der Waals surface area (Å²) in [5, 5.41) is 11.7. The maximum atomic E-state index is 12.6. The van der Waals surface area contributed by atoms with Gasteiger partial charge >= 0.3 is 0 Å². The average Bonchev–Trinajstić information content (AvgIpc) is 3.22. The Morgan fingerprint density at radius 1 is 1.00 bits per heavy atom. The molecule has 3 aromatic rings. The fourth-order valence-electron chi connectivity index (χ4n) is 5.02. The van der Waals surface area contributed by atoms with Crippen LogP contribution in [0, 0.1) is 0 Å². The number of aryl methyl sites for hydroxylation is 1. The Bertz CT molecular complexity index is 1130. The first-order valence-electron chi connectivity index (χ1n) is 11.9. The number of anilines is 1. The van der Waals surface area contributed by atoms with E-state index in [2.05, 4.69) is 69.0 Å². The molecule has 1 N–H and O–H groups in total. The van der Waals surface area contributed by atoms with Gasteiger partial charge in [-0.15, -0.1) is 10.2 Å². The molecule has 1 aliphatic heterocycles. The lowest BCUT2D eigenvalue weighted by Gasteiger charge is -2.39. The number of hydrogen-bond donors (Lipinski definition) is 1. The number of benzene rings is 2. The van der Waals surface area contributed by atoms with Gasteiger partial charge < -0.3 is 10.2 Å². The number of fused-ring (bicyclic) bond motifs is 2. The molecule has 0 bridgehead atoms. The lowest BCUT2D eigenvalue weighted by atomic mass is 9.74. The van der Waals surface area contributed by atoms with Crippen LogP contribution >= 0.6 is 0 Å². The van der Waals surface area contributed by atoms with Gasteiger partial charge in [0, 0.05) is 24.5 Å². The first kappa shape index (κ1) is 21.4. The lowest BCUT2D eigenvalue weighted by Crippen LogP contribution is -2.41. The van der Waals surface area contributed by atoms with Gasteiger partial charge in [-0.2, -0.15) is 0 Å². The highest BCUT2D eigenvalue weighted by atomic mass is 16.2. The summed E-state index contributed by atoms with van der Waals surface area (Å²) in [7, 11) is 0. The highest BCUT2D eigenvalue weighted by Crippen LogP contribution is 2.44. The van der Waals surface area contributed by atoms with Gasteiger partial charge in [0.1, 0.15) is 0 Å². The van der Waals surface area contributed by atoms with E-state index < -0.39 is 0 Å². The van der Waals surface area contributed by atoms with Crippen molar-refractivity contribution in [2.24, 2.45) is 0 Å². The second kappa shape index (κ2) is 9.18. The molecular weight excluding hydrogens is 408 g/mol. The molecule has 5 nitrogen and oxygen atoms in total. The van der Waals surface area contributed by atoms with Crippen LogP contribution in [0.1, 0.15) is 53.4 Å². The zero-order valence-electron chi connectivity index (χ0n) is 19.1. The Morgan fingerprint density at radius 2 is 1.76 bits per heavy atom. The van der Waals surface area contributed by atoms with Crippen LogP contribution in [0.15, 0.2) is 72.8 Å². The highest BCUT2D eigenvalue weighted by Gasteiger charge is 2.38. The number of amides is 1. The Labute approximate surface area is 195 Å². The molecule has 2 aromatic carbocycles. The number of aromatic nitrogens is 2. The number of nitrogens with one attached hydrogen (secondary N) is 1. The van der Waals surface area contributed by atoms with Crippen molar-refractivity contribution in [2.75, 3.05) is 18.0 Å². The molecule has 1 fully saturated rings. The van der Waals surface area contributed by atoms with E-state index in [1.165, 1.54) is 16.7 Å². The Kier molecular flexibility index (Phi) is 5.95. The van der Waals surface area contributed by atoms with Gasteiger partial charge in [-0.05, 0) is 61.4 Å². The van der Waals surface area contributed by atoms with Crippen LogP contribution in [-0.4, -0.2) is 35.2 Å². The molecule has 0 radical (unpaired) electrons. The van der Waals surface area contributed by atoms with E-state index in [9.17, 15) is 4.79 Å². The predicted molar refractivity (Wildman–Crippen MR) is 132 cm³/mol. The average molecular weight is 439 g/mol. The van der Waals surface area contributed by atoms with Crippen LogP contribution in [0.5, 0.6) is 0 Å². The van der Waals surface area contributed by atoms with Gasteiger partial charge in [0.2, 0.25) is 0 Å². The molecule has 2 aliphatic rings. The smallest absolute Gasteiger partial charge is 0.272 e. The molecule has 1 aromatic heterocycles. The number of allylic oxidation sites excluding steroid dienone is 1. The van der Waals surface area contributed by atoms with Gasteiger partial charge in [-0.1, -0.05) is 66.7 Å². The number of hydrogen-bond acceptors (Lipinski definition) is 4. The second-order valence-corrected chi connectivity index (χ2v) is 9.24. The van der Waals surface area contributed by atoms with Crippen molar-refractivity contribution < 1.29 is 4.79 Å². The van der Waals surface area contributed by atoms with Crippen molar-refractivity contribution in [3.8, 4) is 0 Å². The second-order valence-electron chi connectivity index (χ2n) is 9.24. The van der Waals surface area contributed by atoms with E-state index in [0.717, 1.165) is 44.6 Å². The minimum absolute atomic E-state index is 0.0693. The Balaban J connectivity index is 1.15. The maximum Gasteiger partial charge on any atom is 0.272 e. The summed E-state index contributed by atoms with van der Waals surface area (Å²) in [6.45, 7) is 3.88. The van der Waals surface area contributed by atoms with Gasteiger partial charge in [0.25, 0.3) is 5.91 Å². The third-order valence-electron chi connectivity index (χ3n) is 7.03. The van der Waals surface area contributed by atoms with Crippen molar-refractivity contribution in [1.29, 1.82) is 0 Å². The lowest BCUT2D eigenvalue weighted by molar-refractivity contribution is 0.0932. The van der Waals surface area contributed by atoms with Crippen molar-refractivity contribution in [3.05, 3.63) is 95.2 Å². The van der Waals surface area contributed by atoms with E-state index in [0.29, 0.717) is 5.69 Å². The summed E-state index contributed by atoms with van der Waals surface area (Å²) in [5.74, 6) is 0.675. The zero-order valence-corrected chi connectivity index (χ0v) is 19.1. The van der Waals surface area contributed by atoms with E-state index in [4.69, 9.17) is 0 Å². The number of nitrogens with zero attached hydrogens (tertiary/aromatic N) is 3. The summed E-state index contributed by atoms with van der Waals surface area (Å²) in [4.78, 5) is 14.9. The Hall–Kier alpha value is -3.47. The summed E-state index contributed by atoms with van der Waals surface area (Å²) < 4.78 is 0. The molecule has 1 saturated heterocycles. The van der Waals surface area contributed by atoms with Crippen molar-refractivity contribution in [3.63, 3.8) is 0 Å². The summed E-state index contributed by atoms with van der Waals surface area (Å²) in [6.07, 6.45) is 8.58. The molecule has 168 valence electrons. The normalized spacial score (nSPS) is 17.1. The largest absolute Gasteiger partial charge is 0.355 e. The van der Waals surface area contributed by atoms with Gasteiger partial charge in [0.05, 0.1) is 0 Å². The van der Waals surface area contributed by atoms with E-state index >= 15 is 0 Å². The quantitative estimate of drug-likeness (QED) is 0.601. The summed E-state index contributed by atoms with van der Waals surface area (Å²) >= 11 is 0. The highest BCUT2D eigenvalue weighted by molar-refractivity contribution is 5.92. The van der Waals surface area contributed by atoms with Crippen LogP contribution in [0.4, 0.5) is 5.82 Å². The SMILES string of the molecule is CC(CCc1ccccc1)NC(=O)c1ccc(N2CCC3(C=Cc4ccccc43)CC2)nn1. The standard InChI is InChI=1S/C28H30N4O/c1-21(11-12-22-7-3-2-4-8-22)29-27(33)25-13-14-26(31-30-25)32-19-17-28(18-20-32)16-15-23-9-5-6-10-24(23)28/h2-10,13-16,21H,11-12,17-20H2,1H3,(H,29,33). The molecule has 33 heavy (non-hydrogen) atoms.